The third-order valence-electron chi connectivity index (χ3n) is 4.72. The van der Waals surface area contributed by atoms with Crippen molar-refractivity contribution in [1.29, 1.82) is 0 Å². The van der Waals surface area contributed by atoms with Gasteiger partial charge in [-0.1, -0.05) is 29.5 Å². The van der Waals surface area contributed by atoms with E-state index in [0.717, 1.165) is 16.8 Å². The van der Waals surface area contributed by atoms with Crippen LogP contribution in [0.1, 0.15) is 26.6 Å². The number of hydrogen-bond acceptors (Lipinski definition) is 9. The maximum Gasteiger partial charge on any atom is 0.267 e. The number of nitrogens with one attached hydrogen (secondary N) is 3. The molecule has 1 aliphatic heterocycles. The number of carbonyl (C=O) groups is 2. The summed E-state index contributed by atoms with van der Waals surface area (Å²) in [4.78, 5) is 43.9. The van der Waals surface area contributed by atoms with Gasteiger partial charge in [-0.25, -0.2) is 4.98 Å². The molecule has 4 rings (SSSR count). The molecule has 0 atom stereocenters. The molecule has 0 saturated carbocycles. The Morgan fingerprint density at radius 1 is 1.16 bits per heavy atom. The second kappa shape index (κ2) is 8.64. The number of para-hydroxylation sites is 1. The van der Waals surface area contributed by atoms with Crippen molar-refractivity contribution in [3.8, 4) is 0 Å². The second-order valence-corrected chi connectivity index (χ2v) is 8.18. The number of aromatic nitrogens is 4. The number of nitrogens with zero attached hydrogens (tertiary/aromatic N) is 5. The van der Waals surface area contributed by atoms with E-state index >= 15 is 0 Å². The van der Waals surface area contributed by atoms with Gasteiger partial charge in [0.1, 0.15) is 10.7 Å². The van der Waals surface area contributed by atoms with E-state index < -0.39 is 0 Å². The van der Waals surface area contributed by atoms with E-state index in [1.807, 2.05) is 32.0 Å². The molecular formula is C20H22N8O2S. The third-order valence-corrected chi connectivity index (χ3v) is 5.64. The first-order valence-electron chi connectivity index (χ1n) is 9.74. The van der Waals surface area contributed by atoms with E-state index in [4.69, 9.17) is 0 Å². The standard InChI is InChI=1S/C20H22N8O2S/c1-11-5-4-6-12(2)16(11)25-17(30)14-9-22-20(31-14)27-18-23-13(3)24-19(26-18)28-8-7-21-15(29)10-28/h4-6,9H,7-8,10H2,1-3H3,(H,21,29)(H,25,30)(H,22,23,24,26,27). The first kappa shape index (κ1) is 20.7. The summed E-state index contributed by atoms with van der Waals surface area (Å²) in [6.45, 7) is 7.02. The fourth-order valence-corrected chi connectivity index (χ4v) is 3.90. The SMILES string of the molecule is Cc1nc(Nc2ncc(C(=O)Nc3c(C)cccc3C)s2)nc(N2CCNC(=O)C2)n1. The van der Waals surface area contributed by atoms with E-state index in [9.17, 15) is 9.59 Å². The van der Waals surface area contributed by atoms with Gasteiger partial charge in [0, 0.05) is 18.8 Å². The van der Waals surface area contributed by atoms with Crippen LogP contribution in [0.5, 0.6) is 0 Å². The molecule has 10 nitrogen and oxygen atoms in total. The molecule has 3 heterocycles. The van der Waals surface area contributed by atoms with Crippen LogP contribution in [0.15, 0.2) is 24.4 Å². The maximum absolute atomic E-state index is 12.7. The van der Waals surface area contributed by atoms with Gasteiger partial charge in [0.15, 0.2) is 5.13 Å². The summed E-state index contributed by atoms with van der Waals surface area (Å²) >= 11 is 1.20. The molecule has 0 aliphatic carbocycles. The normalized spacial score (nSPS) is 13.6. The summed E-state index contributed by atoms with van der Waals surface area (Å²) in [6, 6.07) is 5.86. The monoisotopic (exact) mass is 438 g/mol. The number of hydrogen-bond donors (Lipinski definition) is 3. The first-order valence-corrected chi connectivity index (χ1v) is 10.6. The molecule has 1 aliphatic rings. The van der Waals surface area contributed by atoms with E-state index in [0.29, 0.717) is 40.8 Å². The molecule has 1 aromatic carbocycles. The molecule has 0 bridgehead atoms. The van der Waals surface area contributed by atoms with Crippen molar-refractivity contribution in [2.75, 3.05) is 35.2 Å². The molecule has 0 radical (unpaired) electrons. The van der Waals surface area contributed by atoms with Gasteiger partial charge >= 0.3 is 0 Å². The molecule has 1 fully saturated rings. The third kappa shape index (κ3) is 4.77. The predicted octanol–water partition coefficient (Wildman–Crippen LogP) is 2.19. The minimum absolute atomic E-state index is 0.0710. The number of amides is 2. The van der Waals surface area contributed by atoms with Gasteiger partial charge in [0.2, 0.25) is 17.8 Å². The summed E-state index contributed by atoms with van der Waals surface area (Å²) < 4.78 is 0. The van der Waals surface area contributed by atoms with E-state index in [-0.39, 0.29) is 18.4 Å². The zero-order valence-corrected chi connectivity index (χ0v) is 18.2. The lowest BCUT2D eigenvalue weighted by molar-refractivity contribution is -0.120. The molecule has 1 saturated heterocycles. The Hall–Kier alpha value is -3.60. The minimum Gasteiger partial charge on any atom is -0.353 e. The molecular weight excluding hydrogens is 416 g/mol. The van der Waals surface area contributed by atoms with Crippen LogP contribution in [0.3, 0.4) is 0 Å². The van der Waals surface area contributed by atoms with Crippen LogP contribution in [-0.4, -0.2) is 51.4 Å². The van der Waals surface area contributed by atoms with Crippen LogP contribution in [0.25, 0.3) is 0 Å². The molecule has 0 spiro atoms. The Kier molecular flexibility index (Phi) is 5.76. The molecule has 31 heavy (non-hydrogen) atoms. The summed E-state index contributed by atoms with van der Waals surface area (Å²) in [5.41, 5.74) is 2.80. The molecule has 2 aromatic heterocycles. The van der Waals surface area contributed by atoms with Crippen LogP contribution < -0.4 is 20.9 Å². The molecule has 0 unspecified atom stereocenters. The van der Waals surface area contributed by atoms with Crippen molar-refractivity contribution in [3.05, 3.63) is 46.2 Å². The van der Waals surface area contributed by atoms with Crippen LogP contribution in [0.4, 0.5) is 22.7 Å². The number of carbonyl (C=O) groups excluding carboxylic acids is 2. The van der Waals surface area contributed by atoms with E-state index in [1.54, 1.807) is 11.8 Å². The fraction of sp³-hybridized carbons (Fsp3) is 0.300. The summed E-state index contributed by atoms with van der Waals surface area (Å²) in [5, 5.41) is 9.25. The number of thiazole rings is 1. The van der Waals surface area contributed by atoms with E-state index in [2.05, 4.69) is 35.9 Å². The molecule has 3 aromatic rings. The van der Waals surface area contributed by atoms with Gasteiger partial charge in [-0.15, -0.1) is 0 Å². The Morgan fingerprint density at radius 3 is 2.68 bits per heavy atom. The van der Waals surface area contributed by atoms with E-state index in [1.165, 1.54) is 17.5 Å². The Labute approximate surface area is 183 Å². The quantitative estimate of drug-likeness (QED) is 0.554. The average Bonchev–Trinajstić information content (AvgIpc) is 3.19. The number of piperazine rings is 1. The largest absolute Gasteiger partial charge is 0.353 e. The van der Waals surface area contributed by atoms with Crippen LogP contribution in [0, 0.1) is 20.8 Å². The zero-order chi connectivity index (χ0) is 22.0. The number of rotatable bonds is 5. The summed E-state index contributed by atoms with van der Waals surface area (Å²) in [5.74, 6) is 0.954. The molecule has 11 heteroatoms. The fourth-order valence-electron chi connectivity index (χ4n) is 3.19. The van der Waals surface area contributed by atoms with Gasteiger partial charge in [-0.3, -0.25) is 14.9 Å². The molecule has 3 N–H and O–H groups in total. The van der Waals surface area contributed by atoms with Crippen molar-refractivity contribution in [2.24, 2.45) is 0 Å². The highest BCUT2D eigenvalue weighted by atomic mass is 32.1. The van der Waals surface area contributed by atoms with Crippen LogP contribution in [-0.2, 0) is 4.79 Å². The predicted molar refractivity (Wildman–Crippen MR) is 119 cm³/mol. The average molecular weight is 439 g/mol. The van der Waals surface area contributed by atoms with Crippen LogP contribution >= 0.6 is 11.3 Å². The van der Waals surface area contributed by atoms with Crippen molar-refractivity contribution in [2.45, 2.75) is 20.8 Å². The molecule has 160 valence electrons. The smallest absolute Gasteiger partial charge is 0.267 e. The zero-order valence-electron chi connectivity index (χ0n) is 17.4. The van der Waals surface area contributed by atoms with Gasteiger partial charge < -0.3 is 15.5 Å². The Bertz CT molecular complexity index is 1130. The topological polar surface area (TPSA) is 125 Å². The Morgan fingerprint density at radius 2 is 1.94 bits per heavy atom. The van der Waals surface area contributed by atoms with Gasteiger partial charge in [0.05, 0.1) is 12.7 Å². The number of aryl methyl sites for hydroxylation is 3. The first-order chi connectivity index (χ1) is 14.9. The lowest BCUT2D eigenvalue weighted by Crippen LogP contribution is -2.48. The van der Waals surface area contributed by atoms with Gasteiger partial charge in [-0.2, -0.15) is 15.0 Å². The molecule has 2 amide bonds. The van der Waals surface area contributed by atoms with Crippen molar-refractivity contribution >= 4 is 45.9 Å². The highest BCUT2D eigenvalue weighted by molar-refractivity contribution is 7.17. The van der Waals surface area contributed by atoms with Crippen LogP contribution in [0.2, 0.25) is 0 Å². The maximum atomic E-state index is 12.7. The van der Waals surface area contributed by atoms with Crippen molar-refractivity contribution in [3.63, 3.8) is 0 Å². The number of anilines is 4. The lowest BCUT2D eigenvalue weighted by atomic mass is 10.1. The van der Waals surface area contributed by atoms with Gasteiger partial charge in [-0.05, 0) is 31.9 Å². The summed E-state index contributed by atoms with van der Waals surface area (Å²) in [7, 11) is 0. The number of benzene rings is 1. The van der Waals surface area contributed by atoms with Crippen molar-refractivity contribution in [1.82, 2.24) is 25.3 Å². The lowest BCUT2D eigenvalue weighted by Gasteiger charge is -2.26. The van der Waals surface area contributed by atoms with Gasteiger partial charge in [0.25, 0.3) is 5.91 Å². The van der Waals surface area contributed by atoms with Crippen molar-refractivity contribution < 1.29 is 9.59 Å². The Balaban J connectivity index is 1.49. The highest BCUT2D eigenvalue weighted by Gasteiger charge is 2.20. The second-order valence-electron chi connectivity index (χ2n) is 7.15. The highest BCUT2D eigenvalue weighted by Crippen LogP contribution is 2.25. The summed E-state index contributed by atoms with van der Waals surface area (Å²) in [6.07, 6.45) is 1.51. The minimum atomic E-state index is -0.227.